The van der Waals surface area contributed by atoms with Crippen molar-refractivity contribution in [3.8, 4) is 5.75 Å². The van der Waals surface area contributed by atoms with Crippen LogP contribution >= 0.6 is 11.6 Å². The summed E-state index contributed by atoms with van der Waals surface area (Å²) in [6, 6.07) is 13.7. The Balaban J connectivity index is 2.06. The van der Waals surface area contributed by atoms with E-state index in [2.05, 4.69) is 11.4 Å². The third kappa shape index (κ3) is 2.09. The summed E-state index contributed by atoms with van der Waals surface area (Å²) in [7, 11) is 0. The van der Waals surface area contributed by atoms with Gasteiger partial charge < -0.3 is 10.4 Å². The van der Waals surface area contributed by atoms with E-state index in [1.807, 2.05) is 30.3 Å². The summed E-state index contributed by atoms with van der Waals surface area (Å²) in [6.07, 6.45) is 0.945. The van der Waals surface area contributed by atoms with E-state index in [1.54, 1.807) is 6.07 Å². The molecule has 0 saturated carbocycles. The molecule has 1 atom stereocenters. The molecule has 0 saturated heterocycles. The van der Waals surface area contributed by atoms with Crippen molar-refractivity contribution in [2.24, 2.45) is 0 Å². The quantitative estimate of drug-likeness (QED) is 0.824. The van der Waals surface area contributed by atoms with Gasteiger partial charge in [0.05, 0.1) is 6.04 Å². The first-order valence-electron chi connectivity index (χ1n) is 6.05. The van der Waals surface area contributed by atoms with Gasteiger partial charge in [0, 0.05) is 11.6 Å². The number of nitrogens with one attached hydrogen (secondary N) is 1. The minimum absolute atomic E-state index is 0.160. The molecule has 1 unspecified atom stereocenters. The molecule has 2 N–H and O–H groups in total. The first-order valence-corrected chi connectivity index (χ1v) is 6.42. The molecule has 92 valence electrons. The monoisotopic (exact) mass is 259 g/mol. The van der Waals surface area contributed by atoms with Crippen LogP contribution in [0.25, 0.3) is 0 Å². The largest absolute Gasteiger partial charge is 0.508 e. The Morgan fingerprint density at radius 2 is 2.06 bits per heavy atom. The lowest BCUT2D eigenvalue weighted by molar-refractivity contribution is 0.471. The fourth-order valence-electron chi connectivity index (χ4n) is 2.53. The van der Waals surface area contributed by atoms with Crippen molar-refractivity contribution in [3.63, 3.8) is 0 Å². The third-order valence-electron chi connectivity index (χ3n) is 3.36. The molecule has 0 spiro atoms. The van der Waals surface area contributed by atoms with Gasteiger partial charge in [0.15, 0.2) is 0 Å². The van der Waals surface area contributed by atoms with Gasteiger partial charge >= 0.3 is 0 Å². The van der Waals surface area contributed by atoms with Gasteiger partial charge in [-0.25, -0.2) is 0 Å². The van der Waals surface area contributed by atoms with Crippen molar-refractivity contribution in [1.29, 1.82) is 0 Å². The molecule has 18 heavy (non-hydrogen) atoms. The summed E-state index contributed by atoms with van der Waals surface area (Å²) < 4.78 is 0. The first-order chi connectivity index (χ1) is 8.74. The van der Waals surface area contributed by atoms with E-state index >= 15 is 0 Å². The summed E-state index contributed by atoms with van der Waals surface area (Å²) in [5, 5.41) is 13.8. The van der Waals surface area contributed by atoms with Gasteiger partial charge in [0.2, 0.25) is 0 Å². The van der Waals surface area contributed by atoms with E-state index in [0.717, 1.165) is 23.6 Å². The van der Waals surface area contributed by atoms with Crippen LogP contribution in [0.1, 0.15) is 22.7 Å². The van der Waals surface area contributed by atoms with Crippen LogP contribution in [0.15, 0.2) is 42.5 Å². The van der Waals surface area contributed by atoms with Crippen LogP contribution in [0, 0.1) is 0 Å². The molecular weight excluding hydrogens is 246 g/mol. The lowest BCUT2D eigenvalue weighted by Gasteiger charge is -2.27. The Bertz CT molecular complexity index is 582. The molecule has 0 bridgehead atoms. The number of phenols is 1. The predicted molar refractivity (Wildman–Crippen MR) is 73.1 cm³/mol. The summed E-state index contributed by atoms with van der Waals surface area (Å²) >= 11 is 6.05. The normalized spacial score (nSPS) is 18.4. The minimum atomic E-state index is 0.160. The number of hydrogen-bond acceptors (Lipinski definition) is 2. The fourth-order valence-corrected chi connectivity index (χ4v) is 2.73. The second-order valence-corrected chi connectivity index (χ2v) is 5.01. The van der Waals surface area contributed by atoms with Gasteiger partial charge in [-0.1, -0.05) is 29.8 Å². The molecule has 2 nitrogen and oxygen atoms in total. The molecule has 2 aromatic carbocycles. The van der Waals surface area contributed by atoms with Crippen LogP contribution in [0.4, 0.5) is 0 Å². The molecule has 1 aliphatic heterocycles. The average Bonchev–Trinajstić information content (AvgIpc) is 2.37. The Morgan fingerprint density at radius 3 is 2.89 bits per heavy atom. The van der Waals surface area contributed by atoms with Crippen molar-refractivity contribution in [2.75, 3.05) is 6.54 Å². The second kappa shape index (κ2) is 4.63. The zero-order chi connectivity index (χ0) is 12.5. The van der Waals surface area contributed by atoms with Gasteiger partial charge in [-0.15, -0.1) is 0 Å². The van der Waals surface area contributed by atoms with Crippen LogP contribution in [0.3, 0.4) is 0 Å². The Morgan fingerprint density at radius 1 is 1.17 bits per heavy atom. The highest BCUT2D eigenvalue weighted by atomic mass is 35.5. The predicted octanol–water partition coefficient (Wildman–Crippen LogP) is 3.28. The zero-order valence-electron chi connectivity index (χ0n) is 9.86. The first kappa shape index (κ1) is 11.6. The molecule has 0 fully saturated rings. The van der Waals surface area contributed by atoms with Crippen molar-refractivity contribution in [3.05, 3.63) is 64.2 Å². The van der Waals surface area contributed by atoms with Crippen LogP contribution in [-0.2, 0) is 6.42 Å². The maximum atomic E-state index is 9.55. The highest BCUT2D eigenvalue weighted by Crippen LogP contribution is 2.31. The number of phenolic OH excluding ortho intramolecular Hbond substituents is 1. The van der Waals surface area contributed by atoms with E-state index in [-0.39, 0.29) is 6.04 Å². The minimum Gasteiger partial charge on any atom is -0.508 e. The molecule has 0 radical (unpaired) electrons. The maximum Gasteiger partial charge on any atom is 0.115 e. The number of hydrogen-bond donors (Lipinski definition) is 2. The highest BCUT2D eigenvalue weighted by Gasteiger charge is 2.21. The van der Waals surface area contributed by atoms with E-state index in [9.17, 15) is 5.11 Å². The summed E-state index contributed by atoms with van der Waals surface area (Å²) in [5.41, 5.74) is 3.59. The SMILES string of the molecule is Oc1ccc2c(c1)CCNC2c1cccc(Cl)c1. The van der Waals surface area contributed by atoms with Crippen LogP contribution < -0.4 is 5.32 Å². The van der Waals surface area contributed by atoms with Crippen LogP contribution in [0.2, 0.25) is 5.02 Å². The van der Waals surface area contributed by atoms with Gasteiger partial charge in [-0.05, 0) is 47.4 Å². The van der Waals surface area contributed by atoms with E-state index in [4.69, 9.17) is 11.6 Å². The second-order valence-electron chi connectivity index (χ2n) is 4.58. The highest BCUT2D eigenvalue weighted by molar-refractivity contribution is 6.30. The number of rotatable bonds is 1. The molecule has 3 rings (SSSR count). The summed E-state index contributed by atoms with van der Waals surface area (Å²) in [6.45, 7) is 0.910. The molecule has 0 aliphatic carbocycles. The van der Waals surface area contributed by atoms with Crippen LogP contribution in [0.5, 0.6) is 5.75 Å². The number of fused-ring (bicyclic) bond motifs is 1. The number of benzene rings is 2. The van der Waals surface area contributed by atoms with Gasteiger partial charge in [-0.2, -0.15) is 0 Å². The van der Waals surface area contributed by atoms with E-state index in [0.29, 0.717) is 5.75 Å². The standard InChI is InChI=1S/C15H14ClNO/c16-12-3-1-2-11(8-12)15-14-5-4-13(18)9-10(14)6-7-17-15/h1-5,8-9,15,17-18H,6-7H2. The number of aromatic hydroxyl groups is 1. The van der Waals surface area contributed by atoms with Gasteiger partial charge in [0.25, 0.3) is 0 Å². The number of halogens is 1. The third-order valence-corrected chi connectivity index (χ3v) is 3.60. The smallest absolute Gasteiger partial charge is 0.115 e. The topological polar surface area (TPSA) is 32.3 Å². The molecule has 0 aromatic heterocycles. The lowest BCUT2D eigenvalue weighted by atomic mass is 9.90. The summed E-state index contributed by atoms with van der Waals surface area (Å²) in [4.78, 5) is 0. The Hall–Kier alpha value is -1.51. The maximum absolute atomic E-state index is 9.55. The molecule has 1 aliphatic rings. The van der Waals surface area contributed by atoms with E-state index in [1.165, 1.54) is 11.1 Å². The van der Waals surface area contributed by atoms with Crippen molar-refractivity contribution < 1.29 is 5.11 Å². The molecule has 3 heteroatoms. The van der Waals surface area contributed by atoms with Crippen LogP contribution in [-0.4, -0.2) is 11.7 Å². The van der Waals surface area contributed by atoms with E-state index < -0.39 is 0 Å². The average molecular weight is 260 g/mol. The molecular formula is C15H14ClNO. The molecule has 1 heterocycles. The lowest BCUT2D eigenvalue weighted by Crippen LogP contribution is -2.30. The fraction of sp³-hybridized carbons (Fsp3) is 0.200. The van der Waals surface area contributed by atoms with Crippen molar-refractivity contribution >= 4 is 11.6 Å². The molecule has 0 amide bonds. The van der Waals surface area contributed by atoms with Gasteiger partial charge in [0.1, 0.15) is 5.75 Å². The Labute approximate surface area is 111 Å². The van der Waals surface area contributed by atoms with Crippen molar-refractivity contribution in [1.82, 2.24) is 5.32 Å². The summed E-state index contributed by atoms with van der Waals surface area (Å²) in [5.74, 6) is 0.334. The molecule has 2 aromatic rings. The Kier molecular flexibility index (Phi) is 2.98. The van der Waals surface area contributed by atoms with Gasteiger partial charge in [-0.3, -0.25) is 0 Å². The van der Waals surface area contributed by atoms with Crippen molar-refractivity contribution in [2.45, 2.75) is 12.5 Å². The zero-order valence-corrected chi connectivity index (χ0v) is 10.6.